The van der Waals surface area contributed by atoms with Crippen LogP contribution in [0.15, 0.2) is 24.3 Å². The molecule has 4 fully saturated rings. The molecule has 1 atom stereocenters. The second-order valence-electron chi connectivity index (χ2n) is 9.33. The summed E-state index contributed by atoms with van der Waals surface area (Å²) in [6.45, 7) is 0.960. The van der Waals surface area contributed by atoms with Gasteiger partial charge in [-0.15, -0.1) is 0 Å². The molecule has 4 aliphatic carbocycles. The summed E-state index contributed by atoms with van der Waals surface area (Å²) in [5.41, 5.74) is 1.72. The summed E-state index contributed by atoms with van der Waals surface area (Å²) in [4.78, 5) is 0. The lowest BCUT2D eigenvalue weighted by Crippen LogP contribution is -2.46. The Labute approximate surface area is 158 Å². The van der Waals surface area contributed by atoms with E-state index in [0.717, 1.165) is 41.9 Å². The van der Waals surface area contributed by atoms with Gasteiger partial charge in [0, 0.05) is 0 Å². The van der Waals surface area contributed by atoms with Gasteiger partial charge in [0.15, 0.2) is 0 Å². The molecule has 0 saturated heterocycles. The first-order valence-electron chi connectivity index (χ1n) is 10.5. The lowest BCUT2D eigenvalue weighted by atomic mass is 9.48. The highest BCUT2D eigenvalue weighted by Gasteiger charge is 2.50. The van der Waals surface area contributed by atoms with Gasteiger partial charge < -0.3 is 14.6 Å². The van der Waals surface area contributed by atoms with Crippen LogP contribution in [0.2, 0.25) is 0 Å². The first kappa shape index (κ1) is 18.3. The predicted octanol–water partition coefficient (Wildman–Crippen LogP) is 4.96. The number of aliphatic hydroxyl groups excluding tert-OH is 1. The molecule has 3 nitrogen and oxygen atoms in total. The van der Waals surface area contributed by atoms with E-state index < -0.39 is 0 Å². The van der Waals surface area contributed by atoms with Crippen LogP contribution >= 0.6 is 0 Å². The molecule has 4 aliphatic rings. The number of ether oxygens (including phenoxy) is 2. The van der Waals surface area contributed by atoms with E-state index in [4.69, 9.17) is 9.47 Å². The first-order chi connectivity index (χ1) is 12.6. The molecular weight excluding hydrogens is 324 g/mol. The standard InChI is InChI=1S/C23H34O3/c1-25-22-6-2-4-17(11-22)15-26-16-21(24)5-3-7-23-12-18-8-19(13-23)10-20(9-18)14-23/h2,4,6,11,18-21,24H,3,5,7-10,12-16H2,1H3. The molecule has 3 heteroatoms. The first-order valence-corrected chi connectivity index (χ1v) is 10.5. The van der Waals surface area contributed by atoms with Gasteiger partial charge >= 0.3 is 0 Å². The van der Waals surface area contributed by atoms with Crippen LogP contribution in [-0.2, 0) is 11.3 Å². The summed E-state index contributed by atoms with van der Waals surface area (Å²) in [7, 11) is 1.67. The van der Waals surface area contributed by atoms with Gasteiger partial charge in [-0.05, 0) is 92.2 Å². The molecule has 1 N–H and O–H groups in total. The van der Waals surface area contributed by atoms with Gasteiger partial charge in [0.1, 0.15) is 5.75 Å². The Morgan fingerprint density at radius 3 is 2.46 bits per heavy atom. The van der Waals surface area contributed by atoms with Gasteiger partial charge in [-0.3, -0.25) is 0 Å². The van der Waals surface area contributed by atoms with Crippen molar-refractivity contribution in [3.8, 4) is 5.75 Å². The van der Waals surface area contributed by atoms with E-state index in [0.29, 0.717) is 18.6 Å². The molecule has 4 saturated carbocycles. The van der Waals surface area contributed by atoms with Gasteiger partial charge in [-0.25, -0.2) is 0 Å². The lowest BCUT2D eigenvalue weighted by Gasteiger charge is -2.57. The molecule has 1 unspecified atom stereocenters. The van der Waals surface area contributed by atoms with Gasteiger partial charge in [0.25, 0.3) is 0 Å². The minimum absolute atomic E-state index is 0.338. The third kappa shape index (κ3) is 4.26. The Morgan fingerprint density at radius 2 is 1.81 bits per heavy atom. The summed E-state index contributed by atoms with van der Waals surface area (Å²) >= 11 is 0. The molecule has 0 heterocycles. The highest BCUT2D eigenvalue weighted by Crippen LogP contribution is 2.61. The molecule has 1 aromatic rings. The van der Waals surface area contributed by atoms with Crippen molar-refractivity contribution in [3.05, 3.63) is 29.8 Å². The zero-order chi connectivity index (χ0) is 18.0. The molecule has 26 heavy (non-hydrogen) atoms. The topological polar surface area (TPSA) is 38.7 Å². The van der Waals surface area contributed by atoms with E-state index >= 15 is 0 Å². The lowest BCUT2D eigenvalue weighted by molar-refractivity contribution is -0.0604. The van der Waals surface area contributed by atoms with Crippen LogP contribution in [0.25, 0.3) is 0 Å². The molecule has 1 aromatic carbocycles. The second kappa shape index (κ2) is 7.90. The molecule has 0 amide bonds. The maximum atomic E-state index is 10.3. The molecule has 0 radical (unpaired) electrons. The third-order valence-corrected chi connectivity index (χ3v) is 7.12. The quantitative estimate of drug-likeness (QED) is 0.678. The van der Waals surface area contributed by atoms with Gasteiger partial charge in [0.2, 0.25) is 0 Å². The number of benzene rings is 1. The summed E-state index contributed by atoms with van der Waals surface area (Å²) in [6, 6.07) is 7.92. The van der Waals surface area contributed by atoms with Crippen molar-refractivity contribution in [1.82, 2.24) is 0 Å². The van der Waals surface area contributed by atoms with Crippen molar-refractivity contribution in [2.24, 2.45) is 23.2 Å². The predicted molar refractivity (Wildman–Crippen MR) is 103 cm³/mol. The van der Waals surface area contributed by atoms with E-state index in [-0.39, 0.29) is 6.10 Å². The van der Waals surface area contributed by atoms with Gasteiger partial charge in [-0.1, -0.05) is 18.6 Å². The third-order valence-electron chi connectivity index (χ3n) is 7.12. The van der Waals surface area contributed by atoms with E-state index in [1.807, 2.05) is 24.3 Å². The van der Waals surface area contributed by atoms with Crippen LogP contribution in [0.1, 0.15) is 63.4 Å². The molecule has 5 rings (SSSR count). The number of hydrogen-bond acceptors (Lipinski definition) is 3. The molecule has 0 aromatic heterocycles. The van der Waals surface area contributed by atoms with Crippen LogP contribution in [0.4, 0.5) is 0 Å². The van der Waals surface area contributed by atoms with Crippen LogP contribution in [0, 0.1) is 23.2 Å². The van der Waals surface area contributed by atoms with Crippen molar-refractivity contribution in [2.75, 3.05) is 13.7 Å². The number of rotatable bonds is 9. The fourth-order valence-corrected chi connectivity index (χ4v) is 6.47. The van der Waals surface area contributed by atoms with Crippen LogP contribution in [-0.4, -0.2) is 24.9 Å². The Morgan fingerprint density at radius 1 is 1.12 bits per heavy atom. The van der Waals surface area contributed by atoms with E-state index in [9.17, 15) is 5.11 Å². The molecule has 0 spiro atoms. The zero-order valence-electron chi connectivity index (χ0n) is 16.2. The molecular formula is C23H34O3. The Bertz CT molecular complexity index is 562. The Kier molecular flexibility index (Phi) is 5.56. The highest BCUT2D eigenvalue weighted by atomic mass is 16.5. The van der Waals surface area contributed by atoms with Crippen molar-refractivity contribution in [1.29, 1.82) is 0 Å². The van der Waals surface area contributed by atoms with Crippen molar-refractivity contribution >= 4 is 0 Å². The van der Waals surface area contributed by atoms with Crippen LogP contribution in [0.3, 0.4) is 0 Å². The van der Waals surface area contributed by atoms with Gasteiger partial charge in [0.05, 0.1) is 26.4 Å². The molecule has 4 bridgehead atoms. The van der Waals surface area contributed by atoms with Crippen molar-refractivity contribution in [3.63, 3.8) is 0 Å². The minimum Gasteiger partial charge on any atom is -0.497 e. The van der Waals surface area contributed by atoms with Crippen molar-refractivity contribution < 1.29 is 14.6 Å². The van der Waals surface area contributed by atoms with Crippen LogP contribution < -0.4 is 4.74 Å². The van der Waals surface area contributed by atoms with Crippen molar-refractivity contribution in [2.45, 2.75) is 70.5 Å². The average Bonchev–Trinajstić information content (AvgIpc) is 2.60. The van der Waals surface area contributed by atoms with Crippen LogP contribution in [0.5, 0.6) is 5.75 Å². The second-order valence-corrected chi connectivity index (χ2v) is 9.33. The number of aliphatic hydroxyl groups is 1. The SMILES string of the molecule is COc1cccc(COCC(O)CCCC23CC4CC(CC(C4)C2)C3)c1. The molecule has 144 valence electrons. The summed E-state index contributed by atoms with van der Waals surface area (Å²) in [6.07, 6.45) is 12.0. The highest BCUT2D eigenvalue weighted by molar-refractivity contribution is 5.27. The average molecular weight is 359 g/mol. The normalized spacial score (nSPS) is 33.4. The fraction of sp³-hybridized carbons (Fsp3) is 0.739. The maximum Gasteiger partial charge on any atom is 0.119 e. The zero-order valence-corrected chi connectivity index (χ0v) is 16.2. The minimum atomic E-state index is -0.338. The summed E-state index contributed by atoms with van der Waals surface area (Å²) in [5.74, 6) is 3.93. The maximum absolute atomic E-state index is 10.3. The smallest absolute Gasteiger partial charge is 0.119 e. The summed E-state index contributed by atoms with van der Waals surface area (Å²) < 4.78 is 11.0. The monoisotopic (exact) mass is 358 g/mol. The molecule has 0 aliphatic heterocycles. The van der Waals surface area contributed by atoms with E-state index in [2.05, 4.69) is 0 Å². The van der Waals surface area contributed by atoms with E-state index in [1.54, 1.807) is 7.11 Å². The Balaban J connectivity index is 1.16. The summed E-state index contributed by atoms with van der Waals surface area (Å²) in [5, 5.41) is 10.3. The fourth-order valence-electron chi connectivity index (χ4n) is 6.47. The largest absolute Gasteiger partial charge is 0.497 e. The number of hydrogen-bond donors (Lipinski definition) is 1. The Hall–Kier alpha value is -1.06. The number of methoxy groups -OCH3 is 1. The van der Waals surface area contributed by atoms with Gasteiger partial charge in [-0.2, -0.15) is 0 Å². The van der Waals surface area contributed by atoms with E-state index in [1.165, 1.54) is 44.9 Å².